The number of hydrogen-bond acceptors (Lipinski definition) is 2. The van der Waals surface area contributed by atoms with Gasteiger partial charge in [-0.25, -0.2) is 0 Å². The zero-order chi connectivity index (χ0) is 10.7. The summed E-state index contributed by atoms with van der Waals surface area (Å²) < 4.78 is 0. The van der Waals surface area contributed by atoms with E-state index in [1.807, 2.05) is 12.1 Å². The SMILES string of the molecule is O=C(O)CNCc1cccc(C2CC2)c1. The smallest absolute Gasteiger partial charge is 0.317 e. The number of nitrogens with one attached hydrogen (secondary N) is 1. The molecule has 0 aliphatic heterocycles. The van der Waals surface area contributed by atoms with Crippen LogP contribution in [0.2, 0.25) is 0 Å². The Balaban J connectivity index is 1.90. The molecule has 1 aromatic rings. The molecule has 2 rings (SSSR count). The van der Waals surface area contributed by atoms with E-state index in [1.165, 1.54) is 24.0 Å². The molecule has 80 valence electrons. The molecule has 2 N–H and O–H groups in total. The minimum absolute atomic E-state index is 0.0215. The summed E-state index contributed by atoms with van der Waals surface area (Å²) in [5, 5.41) is 11.4. The van der Waals surface area contributed by atoms with Gasteiger partial charge in [0.25, 0.3) is 0 Å². The Labute approximate surface area is 89.1 Å². The molecule has 15 heavy (non-hydrogen) atoms. The van der Waals surface area contributed by atoms with Crippen molar-refractivity contribution in [3.8, 4) is 0 Å². The number of carboxylic acids is 1. The van der Waals surface area contributed by atoms with E-state index in [0.29, 0.717) is 6.54 Å². The summed E-state index contributed by atoms with van der Waals surface area (Å²) >= 11 is 0. The lowest BCUT2D eigenvalue weighted by atomic mass is 10.1. The van der Waals surface area contributed by atoms with Crippen LogP contribution >= 0.6 is 0 Å². The number of benzene rings is 1. The summed E-state index contributed by atoms with van der Waals surface area (Å²) in [6.45, 7) is 0.653. The van der Waals surface area contributed by atoms with Gasteiger partial charge in [-0.05, 0) is 29.9 Å². The van der Waals surface area contributed by atoms with E-state index in [0.717, 1.165) is 5.92 Å². The number of rotatable bonds is 5. The van der Waals surface area contributed by atoms with Crippen LogP contribution in [0.3, 0.4) is 0 Å². The fourth-order valence-electron chi connectivity index (χ4n) is 1.69. The van der Waals surface area contributed by atoms with Gasteiger partial charge in [0.15, 0.2) is 0 Å². The fourth-order valence-corrected chi connectivity index (χ4v) is 1.69. The molecule has 1 aromatic carbocycles. The van der Waals surface area contributed by atoms with E-state index in [2.05, 4.69) is 17.4 Å². The van der Waals surface area contributed by atoms with Crippen LogP contribution in [-0.2, 0) is 11.3 Å². The first-order valence-electron chi connectivity index (χ1n) is 5.27. The van der Waals surface area contributed by atoms with E-state index in [4.69, 9.17) is 5.11 Å². The molecular formula is C12H15NO2. The highest BCUT2D eigenvalue weighted by Gasteiger charge is 2.23. The highest BCUT2D eigenvalue weighted by molar-refractivity contribution is 5.68. The zero-order valence-electron chi connectivity index (χ0n) is 8.57. The third-order valence-corrected chi connectivity index (χ3v) is 2.61. The summed E-state index contributed by atoms with van der Waals surface area (Å²) in [4.78, 5) is 10.3. The Bertz CT molecular complexity index is 358. The van der Waals surface area contributed by atoms with Crippen LogP contribution in [0.4, 0.5) is 0 Å². The molecule has 0 unspecified atom stereocenters. The van der Waals surface area contributed by atoms with Crippen molar-refractivity contribution in [1.29, 1.82) is 0 Å². The quantitative estimate of drug-likeness (QED) is 0.769. The molecule has 0 heterocycles. The number of carbonyl (C=O) groups is 1. The molecule has 0 bridgehead atoms. The Morgan fingerprint density at radius 1 is 1.47 bits per heavy atom. The van der Waals surface area contributed by atoms with E-state index < -0.39 is 5.97 Å². The second-order valence-corrected chi connectivity index (χ2v) is 4.02. The van der Waals surface area contributed by atoms with Gasteiger partial charge in [0.05, 0.1) is 6.54 Å². The lowest BCUT2D eigenvalue weighted by Gasteiger charge is -2.04. The maximum Gasteiger partial charge on any atom is 0.317 e. The predicted molar refractivity (Wildman–Crippen MR) is 57.8 cm³/mol. The molecule has 1 aliphatic carbocycles. The first kappa shape index (κ1) is 10.2. The second kappa shape index (κ2) is 4.45. The lowest BCUT2D eigenvalue weighted by molar-refractivity contribution is -0.135. The maximum atomic E-state index is 10.3. The van der Waals surface area contributed by atoms with E-state index in [9.17, 15) is 4.79 Å². The molecule has 0 atom stereocenters. The van der Waals surface area contributed by atoms with Crippen molar-refractivity contribution in [2.75, 3.05) is 6.54 Å². The van der Waals surface area contributed by atoms with Crippen LogP contribution in [-0.4, -0.2) is 17.6 Å². The van der Waals surface area contributed by atoms with Crippen LogP contribution in [0.1, 0.15) is 29.9 Å². The molecule has 0 spiro atoms. The molecule has 0 aromatic heterocycles. The molecular weight excluding hydrogens is 190 g/mol. The summed E-state index contributed by atoms with van der Waals surface area (Å²) in [6.07, 6.45) is 2.60. The number of carboxylic acid groups (broad SMARTS) is 1. The zero-order valence-corrected chi connectivity index (χ0v) is 8.57. The first-order valence-corrected chi connectivity index (χ1v) is 5.27. The molecule has 0 amide bonds. The molecule has 1 aliphatic rings. The molecule has 3 heteroatoms. The Hall–Kier alpha value is -1.35. The Morgan fingerprint density at radius 3 is 2.93 bits per heavy atom. The predicted octanol–water partition coefficient (Wildman–Crippen LogP) is 1.74. The monoisotopic (exact) mass is 205 g/mol. The summed E-state index contributed by atoms with van der Waals surface area (Å²) in [7, 11) is 0. The van der Waals surface area contributed by atoms with E-state index in [1.54, 1.807) is 0 Å². The van der Waals surface area contributed by atoms with Gasteiger partial charge in [-0.2, -0.15) is 0 Å². The molecule has 3 nitrogen and oxygen atoms in total. The standard InChI is InChI=1S/C12H15NO2/c14-12(15)8-13-7-9-2-1-3-11(6-9)10-4-5-10/h1-3,6,10,13H,4-5,7-8H2,(H,14,15). The summed E-state index contributed by atoms with van der Waals surface area (Å²) in [6, 6.07) is 8.40. The van der Waals surface area contributed by atoms with Gasteiger partial charge in [-0.1, -0.05) is 24.3 Å². The summed E-state index contributed by atoms with van der Waals surface area (Å²) in [5.41, 5.74) is 2.56. The normalized spacial score (nSPS) is 15.2. The molecule has 1 fully saturated rings. The van der Waals surface area contributed by atoms with Crippen LogP contribution in [0.15, 0.2) is 24.3 Å². The third-order valence-electron chi connectivity index (χ3n) is 2.61. The van der Waals surface area contributed by atoms with Crippen molar-refractivity contribution in [2.24, 2.45) is 0 Å². The average molecular weight is 205 g/mol. The van der Waals surface area contributed by atoms with Gasteiger partial charge < -0.3 is 10.4 Å². The average Bonchev–Trinajstić information content (AvgIpc) is 3.01. The fraction of sp³-hybridized carbons (Fsp3) is 0.417. The molecule has 0 radical (unpaired) electrons. The van der Waals surface area contributed by atoms with E-state index in [-0.39, 0.29) is 6.54 Å². The molecule has 0 saturated heterocycles. The largest absolute Gasteiger partial charge is 0.480 e. The van der Waals surface area contributed by atoms with Crippen molar-refractivity contribution in [3.63, 3.8) is 0 Å². The van der Waals surface area contributed by atoms with Gasteiger partial charge in [0, 0.05) is 6.54 Å². The third kappa shape index (κ3) is 3.06. The first-order chi connectivity index (χ1) is 7.25. The molecule has 1 saturated carbocycles. The van der Waals surface area contributed by atoms with E-state index >= 15 is 0 Å². The van der Waals surface area contributed by atoms with Crippen molar-refractivity contribution in [2.45, 2.75) is 25.3 Å². The van der Waals surface area contributed by atoms with Crippen LogP contribution in [0.25, 0.3) is 0 Å². The number of hydrogen-bond donors (Lipinski definition) is 2. The van der Waals surface area contributed by atoms with Crippen molar-refractivity contribution in [3.05, 3.63) is 35.4 Å². The highest BCUT2D eigenvalue weighted by Crippen LogP contribution is 2.40. The minimum atomic E-state index is -0.812. The van der Waals surface area contributed by atoms with Crippen molar-refractivity contribution < 1.29 is 9.90 Å². The second-order valence-electron chi connectivity index (χ2n) is 4.02. The van der Waals surface area contributed by atoms with Crippen LogP contribution in [0.5, 0.6) is 0 Å². The van der Waals surface area contributed by atoms with Crippen LogP contribution < -0.4 is 5.32 Å². The van der Waals surface area contributed by atoms with Crippen molar-refractivity contribution >= 4 is 5.97 Å². The van der Waals surface area contributed by atoms with Gasteiger partial charge in [0.2, 0.25) is 0 Å². The van der Waals surface area contributed by atoms with Gasteiger partial charge >= 0.3 is 5.97 Å². The topological polar surface area (TPSA) is 49.3 Å². The van der Waals surface area contributed by atoms with Gasteiger partial charge in [-0.15, -0.1) is 0 Å². The van der Waals surface area contributed by atoms with Gasteiger partial charge in [0.1, 0.15) is 0 Å². The van der Waals surface area contributed by atoms with Crippen molar-refractivity contribution in [1.82, 2.24) is 5.32 Å². The minimum Gasteiger partial charge on any atom is -0.480 e. The van der Waals surface area contributed by atoms with Crippen LogP contribution in [0, 0.1) is 0 Å². The Kier molecular flexibility index (Phi) is 3.02. The lowest BCUT2D eigenvalue weighted by Crippen LogP contribution is -2.21. The highest BCUT2D eigenvalue weighted by atomic mass is 16.4. The summed E-state index contributed by atoms with van der Waals surface area (Å²) in [5.74, 6) is -0.0576. The number of aliphatic carboxylic acids is 1. The van der Waals surface area contributed by atoms with Gasteiger partial charge in [-0.3, -0.25) is 4.79 Å². The Morgan fingerprint density at radius 2 is 2.27 bits per heavy atom. The maximum absolute atomic E-state index is 10.3.